The molecule has 1 aliphatic rings. The normalized spacial score (nSPS) is 23.4. The highest BCUT2D eigenvalue weighted by Crippen LogP contribution is 2.24. The van der Waals surface area contributed by atoms with Crippen LogP contribution in [0.15, 0.2) is 24.3 Å². The van der Waals surface area contributed by atoms with E-state index in [9.17, 15) is 14.7 Å². The highest BCUT2D eigenvalue weighted by Gasteiger charge is 2.31. The van der Waals surface area contributed by atoms with E-state index in [0.717, 1.165) is 18.5 Å². The van der Waals surface area contributed by atoms with Crippen LogP contribution in [0.4, 0.5) is 0 Å². The average Bonchev–Trinajstić information content (AvgIpc) is 2.41. The van der Waals surface area contributed by atoms with Crippen LogP contribution in [0.3, 0.4) is 0 Å². The first-order valence-corrected chi connectivity index (χ1v) is 6.83. The molecule has 0 aromatic heterocycles. The number of carbonyl (C=O) groups excluding carboxylic acids is 1. The number of nitrogens with two attached hydrogens (primary N) is 1. The minimum Gasteiger partial charge on any atom is -0.480 e. The van der Waals surface area contributed by atoms with Crippen LogP contribution < -0.4 is 5.73 Å². The van der Waals surface area contributed by atoms with Gasteiger partial charge in [-0.3, -0.25) is 14.5 Å². The van der Waals surface area contributed by atoms with Gasteiger partial charge in [0.15, 0.2) is 0 Å². The first kappa shape index (κ1) is 14.5. The average molecular weight is 276 g/mol. The fourth-order valence-corrected chi connectivity index (χ4v) is 2.69. The van der Waals surface area contributed by atoms with Gasteiger partial charge in [-0.25, -0.2) is 0 Å². The van der Waals surface area contributed by atoms with E-state index < -0.39 is 17.9 Å². The third-order valence-corrected chi connectivity index (χ3v) is 3.86. The Bertz CT molecular complexity index is 516. The van der Waals surface area contributed by atoms with Crippen molar-refractivity contribution in [1.82, 2.24) is 4.90 Å². The van der Waals surface area contributed by atoms with Crippen LogP contribution in [0.2, 0.25) is 0 Å². The molecule has 1 aliphatic heterocycles. The number of benzene rings is 1. The number of hydrogen-bond donors (Lipinski definition) is 2. The van der Waals surface area contributed by atoms with E-state index in [4.69, 9.17) is 5.73 Å². The lowest BCUT2D eigenvalue weighted by Gasteiger charge is -2.36. The molecule has 2 rings (SSSR count). The summed E-state index contributed by atoms with van der Waals surface area (Å²) in [5.41, 5.74) is 6.64. The molecule has 1 amide bonds. The number of primary amides is 1. The predicted octanol–water partition coefficient (Wildman–Crippen LogP) is 1.47. The summed E-state index contributed by atoms with van der Waals surface area (Å²) < 4.78 is 0. The van der Waals surface area contributed by atoms with E-state index in [0.29, 0.717) is 24.4 Å². The molecule has 0 aliphatic carbocycles. The van der Waals surface area contributed by atoms with Crippen LogP contribution in [0, 0.1) is 5.92 Å². The summed E-state index contributed by atoms with van der Waals surface area (Å²) in [7, 11) is 0. The fraction of sp³-hybridized carbons (Fsp3) is 0.467. The van der Waals surface area contributed by atoms with E-state index in [1.165, 1.54) is 0 Å². The topological polar surface area (TPSA) is 83.6 Å². The second kappa shape index (κ2) is 6.05. The molecule has 1 aromatic carbocycles. The van der Waals surface area contributed by atoms with Crippen LogP contribution >= 0.6 is 0 Å². The quantitative estimate of drug-likeness (QED) is 0.872. The molecule has 1 saturated heterocycles. The standard InChI is InChI=1S/C15H20N2O3/c1-10-5-6-17(13(7-10)15(19)20)9-11-3-2-4-12(8-11)14(16)18/h2-4,8,10,13H,5-7,9H2,1H3,(H2,16,18)(H,19,20). The molecule has 1 fully saturated rings. The predicted molar refractivity (Wildman–Crippen MR) is 75.2 cm³/mol. The van der Waals surface area contributed by atoms with E-state index in [1.54, 1.807) is 18.2 Å². The van der Waals surface area contributed by atoms with Gasteiger partial charge in [0.1, 0.15) is 6.04 Å². The van der Waals surface area contributed by atoms with E-state index in [1.807, 2.05) is 11.0 Å². The Morgan fingerprint density at radius 2 is 2.20 bits per heavy atom. The molecule has 108 valence electrons. The van der Waals surface area contributed by atoms with Gasteiger partial charge in [-0.05, 0) is 43.0 Å². The van der Waals surface area contributed by atoms with Gasteiger partial charge in [0.05, 0.1) is 0 Å². The largest absolute Gasteiger partial charge is 0.480 e. The Balaban J connectivity index is 2.13. The van der Waals surface area contributed by atoms with Gasteiger partial charge in [0, 0.05) is 12.1 Å². The molecule has 0 spiro atoms. The number of carboxylic acid groups (broad SMARTS) is 1. The lowest BCUT2D eigenvalue weighted by Crippen LogP contribution is -2.46. The molecule has 3 N–H and O–H groups in total. The van der Waals surface area contributed by atoms with Crippen molar-refractivity contribution in [1.29, 1.82) is 0 Å². The number of rotatable bonds is 4. The molecular weight excluding hydrogens is 256 g/mol. The fourth-order valence-electron chi connectivity index (χ4n) is 2.69. The van der Waals surface area contributed by atoms with Crippen molar-refractivity contribution in [3.63, 3.8) is 0 Å². The van der Waals surface area contributed by atoms with E-state index in [-0.39, 0.29) is 0 Å². The zero-order valence-corrected chi connectivity index (χ0v) is 11.6. The maximum absolute atomic E-state index is 11.4. The van der Waals surface area contributed by atoms with Crippen molar-refractivity contribution in [3.8, 4) is 0 Å². The number of carbonyl (C=O) groups is 2. The van der Waals surface area contributed by atoms with Gasteiger partial charge >= 0.3 is 5.97 Å². The molecule has 2 atom stereocenters. The van der Waals surface area contributed by atoms with Crippen LogP contribution in [0.1, 0.15) is 35.7 Å². The zero-order chi connectivity index (χ0) is 14.7. The maximum Gasteiger partial charge on any atom is 0.320 e. The van der Waals surface area contributed by atoms with Gasteiger partial charge in [0.25, 0.3) is 0 Å². The van der Waals surface area contributed by atoms with Crippen molar-refractivity contribution in [2.24, 2.45) is 11.7 Å². The van der Waals surface area contributed by atoms with Gasteiger partial charge in [-0.2, -0.15) is 0 Å². The van der Waals surface area contributed by atoms with Gasteiger partial charge in [-0.15, -0.1) is 0 Å². The number of hydrogen-bond acceptors (Lipinski definition) is 3. The molecule has 2 unspecified atom stereocenters. The van der Waals surface area contributed by atoms with Gasteiger partial charge in [-0.1, -0.05) is 19.1 Å². The van der Waals surface area contributed by atoms with E-state index in [2.05, 4.69) is 6.92 Å². The summed E-state index contributed by atoms with van der Waals surface area (Å²) in [4.78, 5) is 24.5. The molecule has 0 saturated carbocycles. The van der Waals surface area contributed by atoms with Crippen molar-refractivity contribution in [2.75, 3.05) is 6.54 Å². The first-order chi connectivity index (χ1) is 9.47. The number of aliphatic carboxylic acids is 1. The summed E-state index contributed by atoms with van der Waals surface area (Å²) in [6.45, 7) is 3.38. The van der Waals surface area contributed by atoms with Crippen LogP contribution in [-0.4, -0.2) is 34.5 Å². The SMILES string of the molecule is CC1CCN(Cc2cccc(C(N)=O)c2)C(C(=O)O)C1. The van der Waals surface area contributed by atoms with Crippen LogP contribution in [-0.2, 0) is 11.3 Å². The number of carboxylic acids is 1. The van der Waals surface area contributed by atoms with Crippen molar-refractivity contribution in [3.05, 3.63) is 35.4 Å². The smallest absolute Gasteiger partial charge is 0.320 e. The number of piperidine rings is 1. The number of amides is 1. The Labute approximate surface area is 118 Å². The minimum absolute atomic E-state index is 0.435. The highest BCUT2D eigenvalue weighted by atomic mass is 16.4. The van der Waals surface area contributed by atoms with Crippen LogP contribution in [0.25, 0.3) is 0 Å². The Hall–Kier alpha value is -1.88. The summed E-state index contributed by atoms with van der Waals surface area (Å²) in [5.74, 6) is -0.805. The summed E-state index contributed by atoms with van der Waals surface area (Å²) in [6, 6.07) is 6.62. The van der Waals surface area contributed by atoms with Crippen molar-refractivity contribution >= 4 is 11.9 Å². The number of likely N-dealkylation sites (tertiary alicyclic amines) is 1. The second-order valence-corrected chi connectivity index (χ2v) is 5.52. The maximum atomic E-state index is 11.4. The summed E-state index contributed by atoms with van der Waals surface area (Å²) in [5, 5.41) is 9.33. The van der Waals surface area contributed by atoms with Gasteiger partial charge in [0.2, 0.25) is 5.91 Å². The molecule has 0 bridgehead atoms. The molecule has 20 heavy (non-hydrogen) atoms. The second-order valence-electron chi connectivity index (χ2n) is 5.52. The minimum atomic E-state index is -0.775. The van der Waals surface area contributed by atoms with Crippen molar-refractivity contribution in [2.45, 2.75) is 32.4 Å². The molecule has 0 radical (unpaired) electrons. The zero-order valence-electron chi connectivity index (χ0n) is 11.6. The van der Waals surface area contributed by atoms with Gasteiger partial charge < -0.3 is 10.8 Å². The van der Waals surface area contributed by atoms with E-state index >= 15 is 0 Å². The molecular formula is C15H20N2O3. The first-order valence-electron chi connectivity index (χ1n) is 6.83. The Kier molecular flexibility index (Phi) is 4.39. The third-order valence-electron chi connectivity index (χ3n) is 3.86. The summed E-state index contributed by atoms with van der Waals surface area (Å²) in [6.07, 6.45) is 1.67. The monoisotopic (exact) mass is 276 g/mol. The Morgan fingerprint density at radius 1 is 1.45 bits per heavy atom. The molecule has 5 nitrogen and oxygen atoms in total. The van der Waals surface area contributed by atoms with Crippen LogP contribution in [0.5, 0.6) is 0 Å². The third kappa shape index (κ3) is 3.36. The molecule has 5 heteroatoms. The Morgan fingerprint density at radius 3 is 2.85 bits per heavy atom. The molecule has 1 heterocycles. The lowest BCUT2D eigenvalue weighted by molar-refractivity contribution is -0.145. The number of nitrogens with zero attached hydrogens (tertiary/aromatic N) is 1. The molecule has 1 aromatic rings. The van der Waals surface area contributed by atoms with Crippen molar-refractivity contribution < 1.29 is 14.7 Å². The highest BCUT2D eigenvalue weighted by molar-refractivity contribution is 5.92. The lowest BCUT2D eigenvalue weighted by atomic mass is 9.92. The summed E-state index contributed by atoms with van der Waals surface area (Å²) >= 11 is 0.